The van der Waals surface area contributed by atoms with Gasteiger partial charge in [-0.1, -0.05) is 0 Å². The van der Waals surface area contributed by atoms with E-state index in [1.54, 1.807) is 0 Å². The van der Waals surface area contributed by atoms with Crippen molar-refractivity contribution in [2.24, 2.45) is 5.92 Å². The number of carbonyl (C=O) groups excluding carboxylic acids is 2. The number of carbonyl (C=O) groups is 2. The smallest absolute Gasteiger partial charge is 0.314 e. The fourth-order valence-corrected chi connectivity index (χ4v) is 2.37. The number of rotatable bonds is 2. The van der Waals surface area contributed by atoms with Crippen LogP contribution in [0.4, 0.5) is 0 Å². The Morgan fingerprint density at radius 1 is 1.33 bits per heavy atom. The second kappa shape index (κ2) is 5.57. The number of amides is 1. The van der Waals surface area contributed by atoms with Crippen LogP contribution < -0.4 is 20.9 Å². The zero-order valence-corrected chi connectivity index (χ0v) is 11.3. The van der Waals surface area contributed by atoms with Gasteiger partial charge in [-0.3, -0.25) is 19.1 Å². The molecule has 0 atom stereocenters. The van der Waals surface area contributed by atoms with Gasteiger partial charge in [-0.15, -0.1) is 0 Å². The molecule has 0 radical (unpaired) electrons. The van der Waals surface area contributed by atoms with Gasteiger partial charge in [-0.05, 0) is 12.8 Å². The van der Waals surface area contributed by atoms with E-state index in [1.807, 2.05) is 0 Å². The summed E-state index contributed by atoms with van der Waals surface area (Å²) < 4.78 is 11.8. The van der Waals surface area contributed by atoms with E-state index in [-0.39, 0.29) is 24.0 Å². The topological polar surface area (TPSA) is 98.7 Å². The Bertz CT molecular complexity index is 633. The minimum Gasteiger partial charge on any atom is -0.420 e. The third kappa shape index (κ3) is 2.62. The fourth-order valence-electron chi connectivity index (χ4n) is 2.37. The molecule has 3 rings (SSSR count). The minimum atomic E-state index is -0.500. The van der Waals surface area contributed by atoms with Gasteiger partial charge in [0.25, 0.3) is 5.91 Å². The van der Waals surface area contributed by atoms with Crippen LogP contribution in [-0.2, 0) is 9.53 Å². The molecule has 1 fully saturated rings. The van der Waals surface area contributed by atoms with Crippen LogP contribution in [0.1, 0.15) is 23.3 Å². The zero-order valence-electron chi connectivity index (χ0n) is 11.3. The molecule has 21 heavy (non-hydrogen) atoms. The van der Waals surface area contributed by atoms with Crippen molar-refractivity contribution in [3.63, 3.8) is 0 Å². The molecule has 0 aromatic carbocycles. The highest BCUT2D eigenvalue weighted by Gasteiger charge is 2.28. The number of pyridine rings is 1. The fraction of sp³-hybridized carbons (Fsp3) is 0.462. The van der Waals surface area contributed by atoms with Crippen molar-refractivity contribution in [2.75, 3.05) is 25.3 Å². The highest BCUT2D eigenvalue weighted by atomic mass is 16.5. The maximum atomic E-state index is 12.1. The lowest BCUT2D eigenvalue weighted by Crippen LogP contribution is -2.43. The van der Waals surface area contributed by atoms with E-state index in [0.717, 1.165) is 0 Å². The molecular weight excluding hydrogens is 278 g/mol. The van der Waals surface area contributed by atoms with Crippen LogP contribution in [-0.4, -0.2) is 36.4 Å². The number of hydrogen-bond donors (Lipinski definition) is 2. The summed E-state index contributed by atoms with van der Waals surface area (Å²) in [6.07, 6.45) is 2.54. The molecule has 8 heteroatoms. The minimum absolute atomic E-state index is 0.00848. The number of fused-ring (bicyclic) bond motifs is 1. The number of ether oxygens (including phenoxy) is 2. The third-order valence-corrected chi connectivity index (χ3v) is 3.53. The number of nitrogens with zero attached hydrogens (tertiary/aromatic N) is 1. The van der Waals surface area contributed by atoms with Gasteiger partial charge in [0.05, 0.1) is 5.92 Å². The van der Waals surface area contributed by atoms with Gasteiger partial charge in [0, 0.05) is 25.5 Å². The van der Waals surface area contributed by atoms with Crippen LogP contribution >= 0.6 is 0 Å². The highest BCUT2D eigenvalue weighted by molar-refractivity contribution is 5.96. The van der Waals surface area contributed by atoms with E-state index in [9.17, 15) is 14.4 Å². The normalized spacial score (nSPS) is 18.4. The standard InChI is InChI=1S/C13H15N3O5/c17-9-1-4-16-10(12(18)14-7-15-16)11(9)21-13(19)8-2-5-20-6-3-8/h1,4,8,15H,2-3,5-7H2,(H,14,18). The summed E-state index contributed by atoms with van der Waals surface area (Å²) in [5.41, 5.74) is 2.36. The first-order chi connectivity index (χ1) is 10.2. The van der Waals surface area contributed by atoms with E-state index in [0.29, 0.717) is 26.1 Å². The van der Waals surface area contributed by atoms with Crippen LogP contribution in [0.3, 0.4) is 0 Å². The lowest BCUT2D eigenvalue weighted by Gasteiger charge is -2.24. The maximum Gasteiger partial charge on any atom is 0.314 e. The predicted octanol–water partition coefficient (Wildman–Crippen LogP) is -0.575. The molecule has 3 heterocycles. The Morgan fingerprint density at radius 3 is 2.86 bits per heavy atom. The number of hydrogen-bond acceptors (Lipinski definition) is 6. The Hall–Kier alpha value is -2.35. The molecule has 0 saturated carbocycles. The monoisotopic (exact) mass is 293 g/mol. The third-order valence-electron chi connectivity index (χ3n) is 3.53. The van der Waals surface area contributed by atoms with Gasteiger partial charge in [-0.25, -0.2) is 0 Å². The molecule has 2 aliphatic heterocycles. The Morgan fingerprint density at radius 2 is 2.10 bits per heavy atom. The molecule has 0 aliphatic carbocycles. The van der Waals surface area contributed by atoms with Crippen molar-refractivity contribution >= 4 is 11.9 Å². The largest absolute Gasteiger partial charge is 0.420 e. The SMILES string of the molecule is O=C1NCNn2ccc(=O)c(OC(=O)C3CCOCC3)c21. The average Bonchev–Trinajstić information content (AvgIpc) is 2.51. The van der Waals surface area contributed by atoms with Crippen LogP contribution in [0.2, 0.25) is 0 Å². The Kier molecular flexibility index (Phi) is 3.61. The summed E-state index contributed by atoms with van der Waals surface area (Å²) in [4.78, 5) is 36.0. The van der Waals surface area contributed by atoms with Crippen molar-refractivity contribution in [1.29, 1.82) is 0 Å². The quantitative estimate of drug-likeness (QED) is 0.708. The predicted molar refractivity (Wildman–Crippen MR) is 71.6 cm³/mol. The summed E-state index contributed by atoms with van der Waals surface area (Å²) in [7, 11) is 0. The lowest BCUT2D eigenvalue weighted by molar-refractivity contribution is -0.142. The van der Waals surface area contributed by atoms with Crippen LogP contribution in [0, 0.1) is 5.92 Å². The van der Waals surface area contributed by atoms with Crippen molar-refractivity contribution < 1.29 is 19.1 Å². The lowest BCUT2D eigenvalue weighted by atomic mass is 10.0. The summed E-state index contributed by atoms with van der Waals surface area (Å²) >= 11 is 0. The van der Waals surface area contributed by atoms with E-state index >= 15 is 0 Å². The van der Waals surface area contributed by atoms with Crippen LogP contribution in [0.5, 0.6) is 5.75 Å². The van der Waals surface area contributed by atoms with Gasteiger partial charge in [0.15, 0.2) is 5.69 Å². The van der Waals surface area contributed by atoms with E-state index in [1.165, 1.54) is 16.9 Å². The molecule has 1 amide bonds. The van der Waals surface area contributed by atoms with Crippen molar-refractivity contribution in [2.45, 2.75) is 12.8 Å². The second-order valence-electron chi connectivity index (χ2n) is 4.88. The zero-order chi connectivity index (χ0) is 14.8. The van der Waals surface area contributed by atoms with Crippen LogP contribution in [0.25, 0.3) is 0 Å². The molecule has 8 nitrogen and oxygen atoms in total. The summed E-state index contributed by atoms with van der Waals surface area (Å²) in [5.74, 6) is -1.50. The Labute approximate surface area is 120 Å². The average molecular weight is 293 g/mol. The molecule has 2 aliphatic rings. The molecule has 0 bridgehead atoms. The number of aromatic nitrogens is 1. The number of nitrogens with one attached hydrogen (secondary N) is 2. The second-order valence-corrected chi connectivity index (χ2v) is 4.88. The molecule has 2 N–H and O–H groups in total. The summed E-state index contributed by atoms with van der Waals surface area (Å²) in [6, 6.07) is 1.25. The summed E-state index contributed by atoms with van der Waals surface area (Å²) in [5, 5.41) is 2.54. The molecule has 1 aromatic rings. The molecule has 112 valence electrons. The molecule has 1 saturated heterocycles. The van der Waals surface area contributed by atoms with Gasteiger partial charge >= 0.3 is 5.97 Å². The van der Waals surface area contributed by atoms with Crippen LogP contribution in [0.15, 0.2) is 17.1 Å². The molecule has 1 aromatic heterocycles. The molecule has 0 unspecified atom stereocenters. The first-order valence-corrected chi connectivity index (χ1v) is 6.74. The van der Waals surface area contributed by atoms with E-state index < -0.39 is 17.3 Å². The molecule has 0 spiro atoms. The number of esters is 1. The maximum absolute atomic E-state index is 12.1. The van der Waals surface area contributed by atoms with Gasteiger partial charge < -0.3 is 20.2 Å². The van der Waals surface area contributed by atoms with Crippen molar-refractivity contribution in [3.05, 3.63) is 28.2 Å². The summed E-state index contributed by atoms with van der Waals surface area (Å²) in [6.45, 7) is 1.23. The Balaban J connectivity index is 1.89. The van der Waals surface area contributed by atoms with Gasteiger partial charge in [0.1, 0.15) is 6.67 Å². The highest BCUT2D eigenvalue weighted by Crippen LogP contribution is 2.20. The molecular formula is C13H15N3O5. The van der Waals surface area contributed by atoms with E-state index in [4.69, 9.17) is 9.47 Å². The first-order valence-electron chi connectivity index (χ1n) is 6.74. The van der Waals surface area contributed by atoms with Gasteiger partial charge in [-0.2, -0.15) is 0 Å². The van der Waals surface area contributed by atoms with Crippen molar-refractivity contribution in [1.82, 2.24) is 9.99 Å². The first kappa shape index (κ1) is 13.6. The van der Waals surface area contributed by atoms with Gasteiger partial charge in [0.2, 0.25) is 11.2 Å². The van der Waals surface area contributed by atoms with E-state index in [2.05, 4.69) is 10.7 Å². The van der Waals surface area contributed by atoms with Crippen molar-refractivity contribution in [3.8, 4) is 5.75 Å².